The van der Waals surface area contributed by atoms with Crippen LogP contribution >= 0.6 is 27.3 Å². The first kappa shape index (κ1) is 12.6. The lowest BCUT2D eigenvalue weighted by atomic mass is 9.97. The van der Waals surface area contributed by atoms with E-state index in [2.05, 4.69) is 15.9 Å². The number of hydrogen-bond acceptors (Lipinski definition) is 3. The van der Waals surface area contributed by atoms with Crippen LogP contribution in [0.4, 0.5) is 0 Å². The molecule has 96 valence electrons. The van der Waals surface area contributed by atoms with Crippen LogP contribution in [0.25, 0.3) is 5.57 Å². The summed E-state index contributed by atoms with van der Waals surface area (Å²) in [6.45, 7) is 0. The maximum absolute atomic E-state index is 11.8. The molecule has 19 heavy (non-hydrogen) atoms. The summed E-state index contributed by atoms with van der Waals surface area (Å²) in [5.74, 6) is -0.268. The van der Waals surface area contributed by atoms with Gasteiger partial charge in [0.15, 0.2) is 0 Å². The summed E-state index contributed by atoms with van der Waals surface area (Å²) in [5, 5.41) is 1.99. The van der Waals surface area contributed by atoms with Gasteiger partial charge in [0.25, 0.3) is 0 Å². The van der Waals surface area contributed by atoms with E-state index in [4.69, 9.17) is 4.74 Å². The summed E-state index contributed by atoms with van der Waals surface area (Å²) in [7, 11) is 0. The molecule has 0 unspecified atom stereocenters. The van der Waals surface area contributed by atoms with E-state index in [9.17, 15) is 4.79 Å². The third-order valence-corrected chi connectivity index (χ3v) is 5.00. The van der Waals surface area contributed by atoms with Crippen molar-refractivity contribution in [3.8, 4) is 0 Å². The molecule has 1 aliphatic heterocycles. The first-order valence-corrected chi connectivity index (χ1v) is 7.61. The van der Waals surface area contributed by atoms with Gasteiger partial charge in [-0.05, 0) is 38.5 Å². The molecule has 1 aromatic carbocycles. The van der Waals surface area contributed by atoms with Crippen LogP contribution < -0.4 is 0 Å². The molecule has 1 aromatic heterocycles. The molecular weight excluding hydrogens is 324 g/mol. The SMILES string of the molecule is O=C1C=C(c2ccccc2)C[C@H](c2sccc2Br)O1. The summed E-state index contributed by atoms with van der Waals surface area (Å²) in [6.07, 6.45) is 2.12. The van der Waals surface area contributed by atoms with Crippen LogP contribution in [0, 0.1) is 0 Å². The largest absolute Gasteiger partial charge is 0.453 e. The molecule has 0 spiro atoms. The van der Waals surface area contributed by atoms with Crippen LogP contribution in [0.15, 0.2) is 52.3 Å². The number of benzene rings is 1. The van der Waals surface area contributed by atoms with Gasteiger partial charge in [-0.15, -0.1) is 11.3 Å². The van der Waals surface area contributed by atoms with Gasteiger partial charge in [-0.2, -0.15) is 0 Å². The van der Waals surface area contributed by atoms with Gasteiger partial charge in [0, 0.05) is 17.0 Å². The number of hydrogen-bond donors (Lipinski definition) is 0. The second-order valence-electron chi connectivity index (χ2n) is 4.30. The number of esters is 1. The topological polar surface area (TPSA) is 26.3 Å². The zero-order valence-corrected chi connectivity index (χ0v) is 12.4. The standard InChI is InChI=1S/C15H11BrO2S/c16-12-6-7-19-15(12)13-8-11(9-14(17)18-13)10-4-2-1-3-5-10/h1-7,9,13H,8H2/t13-/m1/s1. The maximum atomic E-state index is 11.8. The molecule has 0 bridgehead atoms. The molecule has 1 aliphatic rings. The Kier molecular flexibility index (Phi) is 3.53. The van der Waals surface area contributed by atoms with E-state index in [0.29, 0.717) is 0 Å². The Morgan fingerprint density at radius 2 is 2.00 bits per heavy atom. The van der Waals surface area contributed by atoms with Gasteiger partial charge in [-0.1, -0.05) is 30.3 Å². The molecule has 0 saturated heterocycles. The first-order valence-electron chi connectivity index (χ1n) is 5.93. The second-order valence-corrected chi connectivity index (χ2v) is 6.10. The molecule has 0 aliphatic carbocycles. The summed E-state index contributed by atoms with van der Waals surface area (Å²) < 4.78 is 6.43. The number of halogens is 1. The second kappa shape index (κ2) is 5.31. The predicted molar refractivity (Wildman–Crippen MR) is 79.9 cm³/mol. The van der Waals surface area contributed by atoms with E-state index < -0.39 is 0 Å². The van der Waals surface area contributed by atoms with Crippen LogP contribution in [0.3, 0.4) is 0 Å². The van der Waals surface area contributed by atoms with Crippen molar-refractivity contribution in [2.45, 2.75) is 12.5 Å². The molecule has 0 radical (unpaired) electrons. The molecule has 0 saturated carbocycles. The zero-order valence-electron chi connectivity index (χ0n) is 10.0. The van der Waals surface area contributed by atoms with Gasteiger partial charge >= 0.3 is 5.97 Å². The lowest BCUT2D eigenvalue weighted by Gasteiger charge is -2.22. The van der Waals surface area contributed by atoms with E-state index in [1.807, 2.05) is 41.8 Å². The number of cyclic esters (lactones) is 1. The smallest absolute Gasteiger partial charge is 0.331 e. The number of rotatable bonds is 2. The quantitative estimate of drug-likeness (QED) is 0.751. The molecule has 0 amide bonds. The average Bonchev–Trinajstić information content (AvgIpc) is 2.85. The monoisotopic (exact) mass is 334 g/mol. The Bertz CT molecular complexity index is 631. The molecule has 1 atom stereocenters. The number of carbonyl (C=O) groups is 1. The fourth-order valence-electron chi connectivity index (χ4n) is 2.15. The number of ether oxygens (including phenoxy) is 1. The zero-order chi connectivity index (χ0) is 13.2. The number of thiophene rings is 1. The minimum atomic E-state index is -0.268. The average molecular weight is 335 g/mol. The lowest BCUT2D eigenvalue weighted by molar-refractivity contribution is -0.143. The van der Waals surface area contributed by atoms with Crippen molar-refractivity contribution in [3.63, 3.8) is 0 Å². The van der Waals surface area contributed by atoms with Crippen LogP contribution in [-0.2, 0) is 9.53 Å². The number of carbonyl (C=O) groups excluding carboxylic acids is 1. The van der Waals surface area contributed by atoms with Gasteiger partial charge in [0.2, 0.25) is 0 Å². The Balaban J connectivity index is 1.92. The lowest BCUT2D eigenvalue weighted by Crippen LogP contribution is -2.15. The van der Waals surface area contributed by atoms with Crippen molar-refractivity contribution in [2.24, 2.45) is 0 Å². The van der Waals surface area contributed by atoms with Crippen molar-refractivity contribution < 1.29 is 9.53 Å². The molecular formula is C15H11BrO2S. The van der Waals surface area contributed by atoms with Gasteiger partial charge in [-0.3, -0.25) is 0 Å². The third kappa shape index (κ3) is 2.65. The minimum absolute atomic E-state index is 0.193. The molecule has 2 heterocycles. The summed E-state index contributed by atoms with van der Waals surface area (Å²) in [4.78, 5) is 12.8. The van der Waals surface area contributed by atoms with Crippen LogP contribution in [0.2, 0.25) is 0 Å². The van der Waals surface area contributed by atoms with Crippen molar-refractivity contribution >= 4 is 38.8 Å². The summed E-state index contributed by atoms with van der Waals surface area (Å²) in [6, 6.07) is 11.9. The molecule has 2 nitrogen and oxygen atoms in total. The van der Waals surface area contributed by atoms with Crippen molar-refractivity contribution in [2.75, 3.05) is 0 Å². The molecule has 3 rings (SSSR count). The van der Waals surface area contributed by atoms with Gasteiger partial charge in [-0.25, -0.2) is 4.79 Å². The van der Waals surface area contributed by atoms with Crippen molar-refractivity contribution in [1.82, 2.24) is 0 Å². The third-order valence-electron chi connectivity index (χ3n) is 3.04. The van der Waals surface area contributed by atoms with Crippen LogP contribution in [0.1, 0.15) is 23.0 Å². The van der Waals surface area contributed by atoms with Crippen molar-refractivity contribution in [1.29, 1.82) is 0 Å². The highest BCUT2D eigenvalue weighted by molar-refractivity contribution is 9.10. The maximum Gasteiger partial charge on any atom is 0.331 e. The molecule has 4 heteroatoms. The van der Waals surface area contributed by atoms with E-state index in [0.717, 1.165) is 26.9 Å². The molecule has 2 aromatic rings. The Morgan fingerprint density at radius 1 is 1.21 bits per heavy atom. The highest BCUT2D eigenvalue weighted by Crippen LogP contribution is 2.39. The Morgan fingerprint density at radius 3 is 2.68 bits per heavy atom. The Labute approximate surface area is 123 Å². The van der Waals surface area contributed by atoms with Crippen LogP contribution in [0.5, 0.6) is 0 Å². The Hall–Kier alpha value is -1.39. The normalized spacial score (nSPS) is 18.9. The van der Waals surface area contributed by atoms with Crippen LogP contribution in [-0.4, -0.2) is 5.97 Å². The van der Waals surface area contributed by atoms with E-state index in [1.54, 1.807) is 17.4 Å². The van der Waals surface area contributed by atoms with Crippen molar-refractivity contribution in [3.05, 3.63) is 62.8 Å². The predicted octanol–water partition coefficient (Wildman–Crippen LogP) is 4.58. The molecule has 0 N–H and O–H groups in total. The first-order chi connectivity index (χ1) is 9.24. The van der Waals surface area contributed by atoms with Gasteiger partial charge in [0.1, 0.15) is 6.10 Å². The van der Waals surface area contributed by atoms with E-state index >= 15 is 0 Å². The van der Waals surface area contributed by atoms with Gasteiger partial charge < -0.3 is 4.74 Å². The van der Waals surface area contributed by atoms with E-state index in [1.165, 1.54) is 0 Å². The van der Waals surface area contributed by atoms with E-state index in [-0.39, 0.29) is 12.1 Å². The highest BCUT2D eigenvalue weighted by atomic mass is 79.9. The summed E-state index contributed by atoms with van der Waals surface area (Å²) >= 11 is 5.10. The highest BCUT2D eigenvalue weighted by Gasteiger charge is 2.26. The summed E-state index contributed by atoms with van der Waals surface area (Å²) in [5.41, 5.74) is 2.11. The minimum Gasteiger partial charge on any atom is -0.453 e. The fourth-order valence-corrected chi connectivity index (χ4v) is 3.81. The fraction of sp³-hybridized carbons (Fsp3) is 0.133. The molecule has 0 fully saturated rings. The van der Waals surface area contributed by atoms with Gasteiger partial charge in [0.05, 0.1) is 4.88 Å².